The molecule has 0 bridgehead atoms. The summed E-state index contributed by atoms with van der Waals surface area (Å²) in [4.78, 5) is 26.1. The van der Waals surface area contributed by atoms with Gasteiger partial charge in [0.2, 0.25) is 5.88 Å². The molecular weight excluding hydrogens is 318 g/mol. The van der Waals surface area contributed by atoms with Crippen LogP contribution in [0.3, 0.4) is 0 Å². The molecule has 2 rings (SSSR count). The van der Waals surface area contributed by atoms with Gasteiger partial charge in [0.05, 0.1) is 30.8 Å². The standard InChI is InChI=1S/C15H17N3O6/c1-9-7-17(2)15(19)16-14(9)24-8-10-5-12(22-3)13(23-4)6-11(10)18(20)21/h5-7H,8H2,1-4H3. The zero-order valence-corrected chi connectivity index (χ0v) is 13.7. The van der Waals surface area contributed by atoms with Crippen molar-refractivity contribution in [2.75, 3.05) is 14.2 Å². The molecular formula is C15H17N3O6. The molecule has 0 saturated carbocycles. The van der Waals surface area contributed by atoms with Gasteiger partial charge in [-0.1, -0.05) is 0 Å². The first-order chi connectivity index (χ1) is 11.4. The Morgan fingerprint density at radius 1 is 1.25 bits per heavy atom. The van der Waals surface area contributed by atoms with Crippen LogP contribution in [0, 0.1) is 17.0 Å². The second-order valence-electron chi connectivity index (χ2n) is 5.00. The zero-order valence-electron chi connectivity index (χ0n) is 13.7. The molecule has 0 fully saturated rings. The number of rotatable bonds is 6. The van der Waals surface area contributed by atoms with Crippen molar-refractivity contribution < 1.29 is 19.1 Å². The molecule has 0 N–H and O–H groups in total. The molecule has 1 aromatic carbocycles. The summed E-state index contributed by atoms with van der Waals surface area (Å²) in [5.41, 5.74) is 0.270. The molecule has 0 radical (unpaired) electrons. The van der Waals surface area contributed by atoms with E-state index in [1.807, 2.05) is 0 Å². The number of nitro benzene ring substituents is 1. The molecule has 0 saturated heterocycles. The third-order valence-electron chi connectivity index (χ3n) is 3.37. The molecule has 9 heteroatoms. The number of hydrogen-bond donors (Lipinski definition) is 0. The summed E-state index contributed by atoms with van der Waals surface area (Å²) in [5, 5.41) is 11.3. The van der Waals surface area contributed by atoms with Crippen LogP contribution in [0.4, 0.5) is 5.69 Å². The van der Waals surface area contributed by atoms with Crippen LogP contribution >= 0.6 is 0 Å². The predicted octanol–water partition coefficient (Wildman–Crippen LogP) is 1.59. The Hall–Kier alpha value is -3.10. The Bertz CT molecular complexity index is 831. The summed E-state index contributed by atoms with van der Waals surface area (Å²) in [6.45, 7) is 1.59. The molecule has 9 nitrogen and oxygen atoms in total. The minimum atomic E-state index is -0.537. The Morgan fingerprint density at radius 2 is 1.88 bits per heavy atom. The topological polar surface area (TPSA) is 106 Å². The highest BCUT2D eigenvalue weighted by Gasteiger charge is 2.20. The van der Waals surface area contributed by atoms with Gasteiger partial charge in [-0.05, 0) is 13.0 Å². The molecule has 0 unspecified atom stereocenters. The molecule has 0 aliphatic rings. The van der Waals surface area contributed by atoms with E-state index >= 15 is 0 Å². The molecule has 0 atom stereocenters. The zero-order chi connectivity index (χ0) is 17.9. The summed E-state index contributed by atoms with van der Waals surface area (Å²) in [6.07, 6.45) is 1.58. The summed E-state index contributed by atoms with van der Waals surface area (Å²) >= 11 is 0. The molecule has 0 spiro atoms. The van der Waals surface area contributed by atoms with E-state index in [0.717, 1.165) is 0 Å². The summed E-state index contributed by atoms with van der Waals surface area (Å²) in [7, 11) is 4.40. The normalized spacial score (nSPS) is 10.3. The van der Waals surface area contributed by atoms with Crippen LogP contribution in [0.15, 0.2) is 23.1 Å². The highest BCUT2D eigenvalue weighted by atomic mass is 16.6. The molecule has 2 aromatic rings. The van der Waals surface area contributed by atoms with Gasteiger partial charge in [-0.3, -0.25) is 10.1 Å². The first-order valence-corrected chi connectivity index (χ1v) is 6.93. The van der Waals surface area contributed by atoms with E-state index in [2.05, 4.69) is 4.98 Å². The van der Waals surface area contributed by atoms with Crippen LogP contribution in [0.5, 0.6) is 17.4 Å². The fourth-order valence-electron chi connectivity index (χ4n) is 2.14. The van der Waals surface area contributed by atoms with E-state index in [4.69, 9.17) is 14.2 Å². The predicted molar refractivity (Wildman–Crippen MR) is 84.7 cm³/mol. The largest absolute Gasteiger partial charge is 0.493 e. The summed E-state index contributed by atoms with van der Waals surface area (Å²) < 4.78 is 17.0. The van der Waals surface area contributed by atoms with Crippen LogP contribution in [0.25, 0.3) is 0 Å². The molecule has 1 aromatic heterocycles. The lowest BCUT2D eigenvalue weighted by Crippen LogP contribution is -2.21. The maximum atomic E-state index is 11.6. The van der Waals surface area contributed by atoms with E-state index in [9.17, 15) is 14.9 Å². The Morgan fingerprint density at radius 3 is 2.46 bits per heavy atom. The molecule has 128 valence electrons. The van der Waals surface area contributed by atoms with Crippen molar-refractivity contribution in [2.24, 2.45) is 7.05 Å². The first kappa shape index (κ1) is 17.3. The lowest BCUT2D eigenvalue weighted by molar-refractivity contribution is -0.385. The van der Waals surface area contributed by atoms with Crippen LogP contribution in [-0.4, -0.2) is 28.7 Å². The van der Waals surface area contributed by atoms with Crippen molar-refractivity contribution in [2.45, 2.75) is 13.5 Å². The smallest absolute Gasteiger partial charge is 0.350 e. The Labute approximate surface area is 137 Å². The number of aromatic nitrogens is 2. The Kier molecular flexibility index (Phi) is 5.02. The third-order valence-corrected chi connectivity index (χ3v) is 3.37. The number of ether oxygens (including phenoxy) is 3. The van der Waals surface area contributed by atoms with E-state index in [1.54, 1.807) is 20.2 Å². The summed E-state index contributed by atoms with van der Waals surface area (Å²) in [5.74, 6) is 0.716. The second-order valence-corrected chi connectivity index (χ2v) is 5.00. The van der Waals surface area contributed by atoms with Crippen LogP contribution in [0.1, 0.15) is 11.1 Å². The van der Waals surface area contributed by atoms with Gasteiger partial charge < -0.3 is 18.8 Å². The quantitative estimate of drug-likeness (QED) is 0.583. The van der Waals surface area contributed by atoms with Crippen molar-refractivity contribution >= 4 is 5.69 Å². The van der Waals surface area contributed by atoms with Crippen molar-refractivity contribution in [3.8, 4) is 17.4 Å². The average Bonchev–Trinajstić information content (AvgIpc) is 2.55. The maximum absolute atomic E-state index is 11.6. The van der Waals surface area contributed by atoms with Crippen LogP contribution in [-0.2, 0) is 13.7 Å². The van der Waals surface area contributed by atoms with Gasteiger partial charge >= 0.3 is 5.69 Å². The van der Waals surface area contributed by atoms with Gasteiger partial charge in [0.15, 0.2) is 11.5 Å². The molecule has 24 heavy (non-hydrogen) atoms. The lowest BCUT2D eigenvalue weighted by atomic mass is 10.1. The van der Waals surface area contributed by atoms with Gasteiger partial charge in [-0.2, -0.15) is 4.98 Å². The van der Waals surface area contributed by atoms with E-state index in [-0.39, 0.29) is 29.5 Å². The molecule has 1 heterocycles. The first-order valence-electron chi connectivity index (χ1n) is 6.93. The Balaban J connectivity index is 2.37. The minimum Gasteiger partial charge on any atom is -0.493 e. The fraction of sp³-hybridized carbons (Fsp3) is 0.333. The number of methoxy groups -OCH3 is 2. The lowest BCUT2D eigenvalue weighted by Gasteiger charge is -2.12. The van der Waals surface area contributed by atoms with Crippen molar-refractivity contribution in [1.82, 2.24) is 9.55 Å². The number of hydrogen-bond acceptors (Lipinski definition) is 7. The fourth-order valence-corrected chi connectivity index (χ4v) is 2.14. The van der Waals surface area contributed by atoms with Crippen molar-refractivity contribution in [1.29, 1.82) is 0 Å². The van der Waals surface area contributed by atoms with Crippen molar-refractivity contribution in [3.63, 3.8) is 0 Å². The van der Waals surface area contributed by atoms with Gasteiger partial charge in [-0.25, -0.2) is 4.79 Å². The molecule has 0 aliphatic carbocycles. The maximum Gasteiger partial charge on any atom is 0.350 e. The highest BCUT2D eigenvalue weighted by molar-refractivity contribution is 5.54. The van der Waals surface area contributed by atoms with Crippen LogP contribution < -0.4 is 19.9 Å². The minimum absolute atomic E-state index is 0.127. The van der Waals surface area contributed by atoms with Crippen molar-refractivity contribution in [3.05, 3.63) is 50.1 Å². The molecule has 0 aliphatic heterocycles. The SMILES string of the molecule is COc1cc(COc2nc(=O)n(C)cc2C)c([N+](=O)[O-])cc1OC. The van der Waals surface area contributed by atoms with E-state index < -0.39 is 10.6 Å². The van der Waals surface area contributed by atoms with Gasteiger partial charge in [0.25, 0.3) is 5.69 Å². The van der Waals surface area contributed by atoms with E-state index in [1.165, 1.54) is 30.9 Å². The number of aryl methyl sites for hydroxylation is 2. The van der Waals surface area contributed by atoms with Gasteiger partial charge in [0.1, 0.15) is 6.61 Å². The van der Waals surface area contributed by atoms with Gasteiger partial charge in [0, 0.05) is 18.8 Å². The average molecular weight is 335 g/mol. The van der Waals surface area contributed by atoms with Gasteiger partial charge in [-0.15, -0.1) is 0 Å². The highest BCUT2D eigenvalue weighted by Crippen LogP contribution is 2.34. The second kappa shape index (κ2) is 6.99. The number of benzene rings is 1. The van der Waals surface area contributed by atoms with Crippen LogP contribution in [0.2, 0.25) is 0 Å². The monoisotopic (exact) mass is 335 g/mol. The molecule has 0 amide bonds. The third kappa shape index (κ3) is 3.45. The summed E-state index contributed by atoms with van der Waals surface area (Å²) in [6, 6.07) is 2.73. The number of nitrogens with zero attached hydrogens (tertiary/aromatic N) is 3. The van der Waals surface area contributed by atoms with E-state index in [0.29, 0.717) is 11.3 Å². The number of nitro groups is 1.